The van der Waals surface area contributed by atoms with Gasteiger partial charge in [-0.15, -0.1) is 0 Å². The summed E-state index contributed by atoms with van der Waals surface area (Å²) in [6.45, 7) is 3.53. The van der Waals surface area contributed by atoms with E-state index in [1.165, 1.54) is 6.20 Å². The van der Waals surface area contributed by atoms with Crippen LogP contribution in [0.25, 0.3) is 0 Å². The molecular weight excluding hydrogens is 282 g/mol. The Kier molecular flexibility index (Phi) is 4.30. The highest BCUT2D eigenvalue weighted by molar-refractivity contribution is 9.09. The lowest BCUT2D eigenvalue weighted by molar-refractivity contribution is 0.554. The quantitative estimate of drug-likeness (QED) is 0.801. The van der Waals surface area contributed by atoms with E-state index in [9.17, 15) is 8.42 Å². The van der Waals surface area contributed by atoms with Crippen molar-refractivity contribution in [2.24, 2.45) is 0 Å². The molecule has 0 saturated carbocycles. The molecule has 0 radical (unpaired) electrons. The minimum Gasteiger partial charge on any atom is -0.332 e. The molecule has 1 rings (SSSR count). The van der Waals surface area contributed by atoms with Gasteiger partial charge in [-0.1, -0.05) is 15.9 Å². The standard InChI is InChI=1S/C8H14BrN3O2S/c1-6(3-4-9)12-15(13,14)8-5-10-7(2)11-8/h5-6,12H,3-4H2,1-2H3,(H,10,11). The van der Waals surface area contributed by atoms with Crippen LogP contribution in [0.15, 0.2) is 11.2 Å². The number of nitrogens with one attached hydrogen (secondary N) is 2. The van der Waals surface area contributed by atoms with Gasteiger partial charge in [0.05, 0.1) is 6.20 Å². The van der Waals surface area contributed by atoms with Crippen LogP contribution in [-0.4, -0.2) is 29.8 Å². The first-order chi connectivity index (χ1) is 6.95. The Balaban J connectivity index is 2.76. The molecule has 15 heavy (non-hydrogen) atoms. The SMILES string of the molecule is Cc1ncc(S(=O)(=O)NC(C)CCBr)[nH]1. The Morgan fingerprint density at radius 1 is 1.67 bits per heavy atom. The summed E-state index contributed by atoms with van der Waals surface area (Å²) in [5, 5.41) is 0.875. The normalized spacial score (nSPS) is 14.1. The summed E-state index contributed by atoms with van der Waals surface area (Å²) in [6, 6.07) is -0.0991. The molecule has 0 aliphatic rings. The van der Waals surface area contributed by atoms with E-state index in [-0.39, 0.29) is 11.1 Å². The maximum absolute atomic E-state index is 11.7. The molecule has 0 aromatic carbocycles. The van der Waals surface area contributed by atoms with Gasteiger partial charge in [-0.2, -0.15) is 0 Å². The number of aromatic amines is 1. The second-order valence-electron chi connectivity index (χ2n) is 3.33. The van der Waals surface area contributed by atoms with Crippen molar-refractivity contribution >= 4 is 26.0 Å². The number of hydrogen-bond donors (Lipinski definition) is 2. The van der Waals surface area contributed by atoms with Crippen LogP contribution in [0.2, 0.25) is 0 Å². The smallest absolute Gasteiger partial charge is 0.257 e. The fourth-order valence-electron chi connectivity index (χ4n) is 1.09. The van der Waals surface area contributed by atoms with E-state index in [1.54, 1.807) is 6.92 Å². The van der Waals surface area contributed by atoms with E-state index in [2.05, 4.69) is 30.6 Å². The van der Waals surface area contributed by atoms with Crippen LogP contribution in [0, 0.1) is 6.92 Å². The molecule has 0 aliphatic heterocycles. The lowest BCUT2D eigenvalue weighted by Crippen LogP contribution is -2.33. The number of imidazole rings is 1. The fourth-order valence-corrected chi connectivity index (χ4v) is 3.02. The van der Waals surface area contributed by atoms with Crippen molar-refractivity contribution in [1.29, 1.82) is 0 Å². The minimum atomic E-state index is -3.45. The number of rotatable bonds is 5. The van der Waals surface area contributed by atoms with E-state index in [1.807, 2.05) is 6.92 Å². The Morgan fingerprint density at radius 2 is 2.33 bits per heavy atom. The molecule has 0 bridgehead atoms. The third-order valence-electron chi connectivity index (χ3n) is 1.87. The summed E-state index contributed by atoms with van der Waals surface area (Å²) in [6.07, 6.45) is 2.06. The monoisotopic (exact) mass is 295 g/mol. The van der Waals surface area contributed by atoms with Gasteiger partial charge in [0.2, 0.25) is 0 Å². The maximum atomic E-state index is 11.7. The molecule has 0 saturated heterocycles. The summed E-state index contributed by atoms with van der Waals surface area (Å²) in [4.78, 5) is 6.54. The molecular formula is C8H14BrN3O2S. The molecule has 1 aromatic heterocycles. The molecule has 0 spiro atoms. The number of aromatic nitrogens is 2. The molecule has 7 heteroatoms. The van der Waals surface area contributed by atoms with Gasteiger partial charge < -0.3 is 4.98 Å². The zero-order chi connectivity index (χ0) is 11.5. The van der Waals surface area contributed by atoms with Crippen LogP contribution in [0.1, 0.15) is 19.2 Å². The van der Waals surface area contributed by atoms with Gasteiger partial charge in [-0.3, -0.25) is 0 Å². The highest BCUT2D eigenvalue weighted by Crippen LogP contribution is 2.07. The van der Waals surface area contributed by atoms with E-state index < -0.39 is 10.0 Å². The van der Waals surface area contributed by atoms with Gasteiger partial charge in [0, 0.05) is 11.4 Å². The molecule has 1 aromatic rings. The number of aryl methyl sites for hydroxylation is 1. The summed E-state index contributed by atoms with van der Waals surface area (Å²) >= 11 is 3.26. The Bertz CT molecular complexity index is 415. The summed E-state index contributed by atoms with van der Waals surface area (Å²) in [5.41, 5.74) is 0. The van der Waals surface area contributed by atoms with Crippen LogP contribution < -0.4 is 4.72 Å². The number of hydrogen-bond acceptors (Lipinski definition) is 3. The van der Waals surface area contributed by atoms with Crippen molar-refractivity contribution in [2.75, 3.05) is 5.33 Å². The van der Waals surface area contributed by atoms with Crippen LogP contribution >= 0.6 is 15.9 Å². The molecule has 0 fully saturated rings. The van der Waals surface area contributed by atoms with Gasteiger partial charge in [-0.25, -0.2) is 18.1 Å². The third-order valence-corrected chi connectivity index (χ3v) is 3.82. The predicted molar refractivity (Wildman–Crippen MR) is 61.5 cm³/mol. The maximum Gasteiger partial charge on any atom is 0.257 e. The first kappa shape index (κ1) is 12.7. The van der Waals surface area contributed by atoms with Crippen LogP contribution in [-0.2, 0) is 10.0 Å². The van der Waals surface area contributed by atoms with E-state index in [4.69, 9.17) is 0 Å². The molecule has 1 heterocycles. The highest BCUT2D eigenvalue weighted by Gasteiger charge is 2.18. The predicted octanol–water partition coefficient (Wildman–Crippen LogP) is 1.17. The first-order valence-corrected chi connectivity index (χ1v) is 7.16. The largest absolute Gasteiger partial charge is 0.332 e. The highest BCUT2D eigenvalue weighted by atomic mass is 79.9. The summed E-state index contributed by atoms with van der Waals surface area (Å²) < 4.78 is 26.0. The molecule has 0 aliphatic carbocycles. The zero-order valence-electron chi connectivity index (χ0n) is 8.62. The number of sulfonamides is 1. The van der Waals surface area contributed by atoms with Crippen molar-refractivity contribution in [3.05, 3.63) is 12.0 Å². The number of nitrogens with zero attached hydrogens (tertiary/aromatic N) is 1. The molecule has 5 nitrogen and oxygen atoms in total. The van der Waals surface area contributed by atoms with Crippen molar-refractivity contribution in [3.63, 3.8) is 0 Å². The van der Waals surface area contributed by atoms with E-state index in [0.717, 1.165) is 11.8 Å². The number of alkyl halides is 1. The summed E-state index contributed by atoms with van der Waals surface area (Å²) in [7, 11) is -3.45. The van der Waals surface area contributed by atoms with Crippen LogP contribution in [0.5, 0.6) is 0 Å². The lowest BCUT2D eigenvalue weighted by Gasteiger charge is -2.11. The van der Waals surface area contributed by atoms with Crippen molar-refractivity contribution in [2.45, 2.75) is 31.3 Å². The topological polar surface area (TPSA) is 74.8 Å². The summed E-state index contributed by atoms with van der Waals surface area (Å²) in [5.74, 6) is 0.587. The third kappa shape index (κ3) is 3.58. The molecule has 2 N–H and O–H groups in total. The fraction of sp³-hybridized carbons (Fsp3) is 0.625. The van der Waals surface area contributed by atoms with Gasteiger partial charge in [-0.05, 0) is 20.3 Å². The Hall–Kier alpha value is -0.400. The average Bonchev–Trinajstić information content (AvgIpc) is 2.51. The number of H-pyrrole nitrogens is 1. The molecule has 86 valence electrons. The van der Waals surface area contributed by atoms with Gasteiger partial charge >= 0.3 is 0 Å². The zero-order valence-corrected chi connectivity index (χ0v) is 11.0. The minimum absolute atomic E-state index is 0.0991. The number of halogens is 1. The van der Waals surface area contributed by atoms with Crippen molar-refractivity contribution in [1.82, 2.24) is 14.7 Å². The average molecular weight is 296 g/mol. The van der Waals surface area contributed by atoms with Crippen LogP contribution in [0.3, 0.4) is 0 Å². The lowest BCUT2D eigenvalue weighted by atomic mass is 10.3. The second-order valence-corrected chi connectivity index (χ2v) is 5.81. The van der Waals surface area contributed by atoms with Crippen LogP contribution in [0.4, 0.5) is 0 Å². The Morgan fingerprint density at radius 3 is 2.80 bits per heavy atom. The molecule has 1 atom stereocenters. The van der Waals surface area contributed by atoms with Gasteiger partial charge in [0.25, 0.3) is 10.0 Å². The molecule has 1 unspecified atom stereocenters. The molecule has 0 amide bonds. The van der Waals surface area contributed by atoms with E-state index >= 15 is 0 Å². The Labute approximate surface area is 97.9 Å². The van der Waals surface area contributed by atoms with Gasteiger partial charge in [0.1, 0.15) is 5.82 Å². The van der Waals surface area contributed by atoms with E-state index in [0.29, 0.717) is 5.82 Å². The second kappa shape index (κ2) is 5.09. The van der Waals surface area contributed by atoms with Gasteiger partial charge in [0.15, 0.2) is 5.03 Å². The van der Waals surface area contributed by atoms with Crippen molar-refractivity contribution in [3.8, 4) is 0 Å². The van der Waals surface area contributed by atoms with Crippen molar-refractivity contribution < 1.29 is 8.42 Å². The first-order valence-electron chi connectivity index (χ1n) is 4.55.